The van der Waals surface area contributed by atoms with Gasteiger partial charge < -0.3 is 9.80 Å². The Morgan fingerprint density at radius 3 is 1.58 bits per heavy atom. The molecule has 0 fully saturated rings. The van der Waals surface area contributed by atoms with Crippen LogP contribution in [0.3, 0.4) is 0 Å². The van der Waals surface area contributed by atoms with E-state index in [1.807, 2.05) is 0 Å². The molecule has 0 aromatic heterocycles. The molecule has 5 aromatic carbocycles. The van der Waals surface area contributed by atoms with Gasteiger partial charge in [0.05, 0.1) is 5.69 Å². The molecule has 9 rings (SSSR count). The Balaban J connectivity index is 1.38. The number of rotatable bonds is 2. The molecule has 2 aliphatic heterocycles. The fraction of sp³-hybridized carbons (Fsp3) is 0.362. The van der Waals surface area contributed by atoms with E-state index < -0.39 is 0 Å². The van der Waals surface area contributed by atoms with Crippen LogP contribution in [0.4, 0.5) is 34.1 Å². The van der Waals surface area contributed by atoms with E-state index in [2.05, 4.69) is 158 Å². The first kappa shape index (κ1) is 31.7. The summed E-state index contributed by atoms with van der Waals surface area (Å²) >= 11 is 0. The summed E-state index contributed by atoms with van der Waals surface area (Å²) in [7, 11) is 0. The number of hydrogen-bond acceptors (Lipinski definition) is 2. The molecular formula is C47H51BN2. The SMILES string of the molecule is Cc1cc2c3c(c1)N(c1c4c(cc5c1CC5)CC4)c1cc(C(C)(C)C)ccc1B3c1cc(C(C)(C)C)ccc1N2c1ccc(C(C)(C)C)cc1. The van der Waals surface area contributed by atoms with Crippen LogP contribution >= 0.6 is 0 Å². The van der Waals surface area contributed by atoms with Gasteiger partial charge in [-0.1, -0.05) is 105 Å². The van der Waals surface area contributed by atoms with Gasteiger partial charge in [-0.25, -0.2) is 0 Å². The molecule has 3 heteroatoms. The van der Waals surface area contributed by atoms with Crippen molar-refractivity contribution in [3.05, 3.63) is 123 Å². The van der Waals surface area contributed by atoms with Crippen molar-refractivity contribution in [3.8, 4) is 0 Å². The standard InChI is InChI=1S/C47H51BN2/c1-28-23-41-43-42(24-28)50(44-35-19-11-29(35)25-30-12-20-36(30)44)40-27-33(47(8,9)10)15-21-37(40)48(43)38-26-32(46(5,6)7)16-22-39(38)49(41)34-17-13-31(14-18-34)45(2,3)4/h13-18,21-27H,11-12,19-20H2,1-10H3. The minimum Gasteiger partial charge on any atom is -0.311 e. The average molecular weight is 655 g/mol. The van der Waals surface area contributed by atoms with Gasteiger partial charge in [-0.15, -0.1) is 0 Å². The van der Waals surface area contributed by atoms with E-state index >= 15 is 0 Å². The summed E-state index contributed by atoms with van der Waals surface area (Å²) in [5.74, 6) is 0. The van der Waals surface area contributed by atoms with Crippen molar-refractivity contribution >= 4 is 57.2 Å². The van der Waals surface area contributed by atoms with Gasteiger partial charge in [0, 0.05) is 28.4 Å². The van der Waals surface area contributed by atoms with E-state index in [-0.39, 0.29) is 23.0 Å². The van der Waals surface area contributed by atoms with Crippen molar-refractivity contribution in [2.75, 3.05) is 9.80 Å². The summed E-state index contributed by atoms with van der Waals surface area (Å²) < 4.78 is 0. The van der Waals surface area contributed by atoms with Crippen LogP contribution in [0.1, 0.15) is 107 Å². The summed E-state index contributed by atoms with van der Waals surface area (Å²) in [4.78, 5) is 5.31. The molecule has 0 N–H and O–H groups in total. The highest BCUT2D eigenvalue weighted by Gasteiger charge is 2.45. The highest BCUT2D eigenvalue weighted by molar-refractivity contribution is 7.00. The lowest BCUT2D eigenvalue weighted by Gasteiger charge is -2.47. The maximum absolute atomic E-state index is 2.74. The predicted molar refractivity (Wildman–Crippen MR) is 216 cm³/mol. The second-order valence-electron chi connectivity index (χ2n) is 18.7. The van der Waals surface area contributed by atoms with E-state index in [1.54, 1.807) is 22.3 Å². The smallest absolute Gasteiger partial charge is 0.252 e. The molecular weight excluding hydrogens is 603 g/mol. The lowest BCUT2D eigenvalue weighted by molar-refractivity contribution is 0.590. The number of aryl methyl sites for hydroxylation is 3. The van der Waals surface area contributed by atoms with Gasteiger partial charge >= 0.3 is 0 Å². The third-order valence-electron chi connectivity index (χ3n) is 12.1. The third-order valence-corrected chi connectivity index (χ3v) is 12.1. The first-order chi connectivity index (χ1) is 23.6. The number of anilines is 6. The van der Waals surface area contributed by atoms with E-state index in [9.17, 15) is 0 Å². The minimum absolute atomic E-state index is 0.0405. The topological polar surface area (TPSA) is 6.48 Å². The van der Waals surface area contributed by atoms with Gasteiger partial charge in [0.2, 0.25) is 0 Å². The van der Waals surface area contributed by atoms with Crippen LogP contribution in [0.15, 0.2) is 78.9 Å². The summed E-state index contributed by atoms with van der Waals surface area (Å²) in [5.41, 5.74) is 24.2. The fourth-order valence-corrected chi connectivity index (χ4v) is 9.01. The lowest BCUT2D eigenvalue weighted by atomic mass is 9.33. The predicted octanol–water partition coefficient (Wildman–Crippen LogP) is 10.2. The molecule has 0 saturated heterocycles. The Hall–Kier alpha value is -4.24. The van der Waals surface area contributed by atoms with Crippen LogP contribution in [-0.2, 0) is 41.9 Å². The second-order valence-corrected chi connectivity index (χ2v) is 18.7. The Labute approximate surface area is 300 Å². The summed E-state index contributed by atoms with van der Waals surface area (Å²) in [6.07, 6.45) is 4.75. The van der Waals surface area contributed by atoms with Gasteiger partial charge in [0.25, 0.3) is 6.71 Å². The summed E-state index contributed by atoms with van der Waals surface area (Å²) in [6, 6.07) is 31.7. The van der Waals surface area contributed by atoms with E-state index in [4.69, 9.17) is 0 Å². The van der Waals surface area contributed by atoms with Crippen molar-refractivity contribution in [2.24, 2.45) is 0 Å². The van der Waals surface area contributed by atoms with Crippen LogP contribution in [-0.4, -0.2) is 6.71 Å². The molecule has 2 heterocycles. The molecule has 4 aliphatic rings. The normalized spacial score (nSPS) is 15.8. The minimum atomic E-state index is 0.0405. The zero-order valence-electron chi connectivity index (χ0n) is 31.8. The number of benzene rings is 5. The van der Waals surface area contributed by atoms with Crippen LogP contribution in [0.25, 0.3) is 0 Å². The zero-order valence-corrected chi connectivity index (χ0v) is 31.8. The van der Waals surface area contributed by atoms with Gasteiger partial charge in [-0.2, -0.15) is 0 Å². The summed E-state index contributed by atoms with van der Waals surface area (Å²) in [5, 5.41) is 0. The van der Waals surface area contributed by atoms with Crippen LogP contribution in [0, 0.1) is 6.92 Å². The fourth-order valence-electron chi connectivity index (χ4n) is 9.01. The van der Waals surface area contributed by atoms with Crippen molar-refractivity contribution in [2.45, 2.75) is 111 Å². The molecule has 0 saturated carbocycles. The first-order valence-corrected chi connectivity index (χ1v) is 18.9. The lowest BCUT2D eigenvalue weighted by Crippen LogP contribution is -2.61. The van der Waals surface area contributed by atoms with Gasteiger partial charge in [0.1, 0.15) is 0 Å². The molecule has 0 unspecified atom stereocenters. The molecule has 50 heavy (non-hydrogen) atoms. The molecule has 5 aromatic rings. The van der Waals surface area contributed by atoms with E-state index in [0.29, 0.717) is 0 Å². The molecule has 0 spiro atoms. The highest BCUT2D eigenvalue weighted by Crippen LogP contribution is 2.51. The van der Waals surface area contributed by atoms with Crippen LogP contribution in [0.2, 0.25) is 0 Å². The zero-order chi connectivity index (χ0) is 35.1. The summed E-state index contributed by atoms with van der Waals surface area (Å²) in [6.45, 7) is 23.5. The quantitative estimate of drug-likeness (QED) is 0.171. The Morgan fingerprint density at radius 1 is 0.480 bits per heavy atom. The maximum atomic E-state index is 2.74. The molecule has 252 valence electrons. The number of hydrogen-bond donors (Lipinski definition) is 0. The van der Waals surface area contributed by atoms with Gasteiger partial charge in [-0.3, -0.25) is 0 Å². The van der Waals surface area contributed by atoms with Crippen molar-refractivity contribution < 1.29 is 0 Å². The molecule has 0 amide bonds. The van der Waals surface area contributed by atoms with E-state index in [0.717, 1.165) is 0 Å². The van der Waals surface area contributed by atoms with Crippen LogP contribution in [0.5, 0.6) is 0 Å². The Bertz CT molecular complexity index is 2210. The molecule has 2 nitrogen and oxygen atoms in total. The molecule has 2 aliphatic carbocycles. The monoisotopic (exact) mass is 654 g/mol. The van der Waals surface area contributed by atoms with Crippen molar-refractivity contribution in [3.63, 3.8) is 0 Å². The van der Waals surface area contributed by atoms with Gasteiger partial charge in [0.15, 0.2) is 0 Å². The first-order valence-electron chi connectivity index (χ1n) is 18.9. The number of nitrogens with zero attached hydrogens (tertiary/aromatic N) is 2. The average Bonchev–Trinajstić information content (AvgIpc) is 3.01. The van der Waals surface area contributed by atoms with Crippen LogP contribution < -0.4 is 26.2 Å². The molecule has 0 radical (unpaired) electrons. The highest BCUT2D eigenvalue weighted by atomic mass is 15.2. The molecule has 0 bridgehead atoms. The largest absolute Gasteiger partial charge is 0.311 e. The third kappa shape index (κ3) is 4.61. The number of fused-ring (bicyclic) bond motifs is 6. The second kappa shape index (κ2) is 10.4. The Kier molecular flexibility index (Phi) is 6.60. The van der Waals surface area contributed by atoms with Gasteiger partial charge in [-0.05, 0) is 146 Å². The molecule has 0 atom stereocenters. The van der Waals surface area contributed by atoms with E-state index in [1.165, 1.54) is 98.4 Å². The Morgan fingerprint density at radius 2 is 1.02 bits per heavy atom. The maximum Gasteiger partial charge on any atom is 0.252 e. The van der Waals surface area contributed by atoms with Crippen molar-refractivity contribution in [1.29, 1.82) is 0 Å². The van der Waals surface area contributed by atoms with Crippen molar-refractivity contribution in [1.82, 2.24) is 0 Å².